The van der Waals surface area contributed by atoms with E-state index in [1.807, 2.05) is 0 Å². The fourth-order valence-corrected chi connectivity index (χ4v) is 4.45. The number of nitrogens with one attached hydrogen (secondary N) is 1. The molecule has 0 fully saturated rings. The summed E-state index contributed by atoms with van der Waals surface area (Å²) in [5, 5.41) is 10.4. The maximum absolute atomic E-state index is 13.2. The Morgan fingerprint density at radius 3 is 2.65 bits per heavy atom. The Balaban J connectivity index is 1.77. The molecule has 8 nitrogen and oxygen atoms in total. The molecule has 0 radical (unpaired) electrons. The van der Waals surface area contributed by atoms with Gasteiger partial charge in [0.05, 0.1) is 15.6 Å². The van der Waals surface area contributed by atoms with Gasteiger partial charge in [-0.1, -0.05) is 23.2 Å². The van der Waals surface area contributed by atoms with Crippen LogP contribution < -0.4 is 4.72 Å². The third kappa shape index (κ3) is 3.95. The molecular formula is C20H14Cl2N4O4S. The summed E-state index contributed by atoms with van der Waals surface area (Å²) in [6.45, 7) is 1.68. The van der Waals surface area contributed by atoms with E-state index in [0.29, 0.717) is 16.1 Å². The van der Waals surface area contributed by atoms with E-state index >= 15 is 0 Å². The average Bonchev–Trinajstić information content (AvgIpc) is 3.20. The molecule has 2 aliphatic rings. The molecule has 1 aromatic carbocycles. The predicted molar refractivity (Wildman–Crippen MR) is 116 cm³/mol. The van der Waals surface area contributed by atoms with Crippen molar-refractivity contribution >= 4 is 44.7 Å². The third-order valence-electron chi connectivity index (χ3n) is 4.57. The zero-order valence-corrected chi connectivity index (χ0v) is 18.2. The van der Waals surface area contributed by atoms with Gasteiger partial charge in [-0.3, -0.25) is 9.52 Å². The number of aryl methyl sites for hydroxylation is 1. The Bertz CT molecular complexity index is 1400. The second kappa shape index (κ2) is 7.84. The highest BCUT2D eigenvalue weighted by molar-refractivity contribution is 7.92. The molecule has 0 bridgehead atoms. The predicted octanol–water partition coefficient (Wildman–Crippen LogP) is 4.27. The summed E-state index contributed by atoms with van der Waals surface area (Å²) in [6, 6.07) is 8.50. The van der Waals surface area contributed by atoms with Crippen molar-refractivity contribution in [3.63, 3.8) is 0 Å². The summed E-state index contributed by atoms with van der Waals surface area (Å²) >= 11 is 12.0. The zero-order valence-electron chi connectivity index (χ0n) is 15.9. The lowest BCUT2D eigenvalue weighted by Crippen LogP contribution is -2.18. The SMILES string of the molecule is Cc1cc(S(=O)(=O)Nc2cc(Cl)cnc2C(=O)c2ccn(O)c3nccc2-3)ccc1Cl. The van der Waals surface area contributed by atoms with Crippen molar-refractivity contribution in [3.8, 4) is 11.4 Å². The number of pyridine rings is 2. The summed E-state index contributed by atoms with van der Waals surface area (Å²) in [4.78, 5) is 21.3. The van der Waals surface area contributed by atoms with Crippen molar-refractivity contribution in [1.29, 1.82) is 0 Å². The van der Waals surface area contributed by atoms with Crippen molar-refractivity contribution in [1.82, 2.24) is 14.7 Å². The molecule has 158 valence electrons. The summed E-state index contributed by atoms with van der Waals surface area (Å²) in [7, 11) is -4.06. The number of anilines is 1. The van der Waals surface area contributed by atoms with Crippen LogP contribution in [0.15, 0.2) is 59.9 Å². The number of aromatic nitrogens is 3. The molecule has 0 unspecified atom stereocenters. The second-order valence-corrected chi connectivity index (χ2v) is 9.18. The van der Waals surface area contributed by atoms with E-state index in [0.717, 1.165) is 4.73 Å². The molecule has 4 rings (SSSR count). The van der Waals surface area contributed by atoms with E-state index in [1.54, 1.807) is 13.0 Å². The van der Waals surface area contributed by atoms with Crippen LogP contribution in [0.3, 0.4) is 0 Å². The number of sulfonamides is 1. The standard InChI is InChI=1S/C20H14Cl2N4O4S/c1-11-8-13(2-3-16(11)22)31(29,30)25-17-9-12(21)10-24-18(17)19(27)14-5-7-26(28)20-15(14)4-6-23-20/h2-10,25,28H,1H3. The van der Waals surface area contributed by atoms with Gasteiger partial charge in [0.15, 0.2) is 5.82 Å². The number of carbonyl (C=O) groups is 1. The number of hydrogen-bond donors (Lipinski definition) is 2. The fourth-order valence-electron chi connectivity index (χ4n) is 3.04. The lowest BCUT2D eigenvalue weighted by molar-refractivity contribution is 0.103. The molecule has 31 heavy (non-hydrogen) atoms. The minimum absolute atomic E-state index is 0.0311. The van der Waals surface area contributed by atoms with Gasteiger partial charge in [-0.25, -0.2) is 18.4 Å². The van der Waals surface area contributed by atoms with Crippen molar-refractivity contribution < 1.29 is 18.4 Å². The molecule has 0 spiro atoms. The van der Waals surface area contributed by atoms with E-state index in [9.17, 15) is 18.4 Å². The van der Waals surface area contributed by atoms with Gasteiger partial charge in [0.2, 0.25) is 5.78 Å². The van der Waals surface area contributed by atoms with Gasteiger partial charge < -0.3 is 5.21 Å². The number of halogens is 2. The topological polar surface area (TPSA) is 114 Å². The first-order valence-corrected chi connectivity index (χ1v) is 11.1. The van der Waals surface area contributed by atoms with Crippen LogP contribution in [0.5, 0.6) is 0 Å². The number of ketones is 1. The number of nitrogens with zero attached hydrogens (tertiary/aromatic N) is 3. The highest BCUT2D eigenvalue weighted by Crippen LogP contribution is 2.30. The third-order valence-corrected chi connectivity index (χ3v) is 6.56. The van der Waals surface area contributed by atoms with Crippen molar-refractivity contribution in [3.05, 3.63) is 81.9 Å². The molecule has 3 heterocycles. The van der Waals surface area contributed by atoms with Gasteiger partial charge in [0.1, 0.15) is 5.69 Å². The zero-order chi connectivity index (χ0) is 22.3. The highest BCUT2D eigenvalue weighted by atomic mass is 35.5. The van der Waals surface area contributed by atoms with E-state index in [2.05, 4.69) is 14.7 Å². The number of hydrogen-bond acceptors (Lipinski definition) is 6. The first-order chi connectivity index (χ1) is 14.7. The summed E-state index contributed by atoms with van der Waals surface area (Å²) in [5.74, 6) is -0.390. The van der Waals surface area contributed by atoms with E-state index < -0.39 is 15.8 Å². The summed E-state index contributed by atoms with van der Waals surface area (Å²) in [5.41, 5.74) is 0.914. The van der Waals surface area contributed by atoms with Gasteiger partial charge in [0, 0.05) is 34.7 Å². The van der Waals surface area contributed by atoms with Crippen LogP contribution in [0.4, 0.5) is 5.69 Å². The van der Waals surface area contributed by atoms with Crippen LogP contribution in [0, 0.1) is 6.92 Å². The van der Waals surface area contributed by atoms with Gasteiger partial charge in [-0.05, 0) is 48.9 Å². The lowest BCUT2D eigenvalue weighted by Gasteiger charge is -2.14. The Morgan fingerprint density at radius 1 is 1.13 bits per heavy atom. The molecule has 0 aliphatic carbocycles. The lowest BCUT2D eigenvalue weighted by atomic mass is 10.0. The minimum Gasteiger partial charge on any atom is -0.427 e. The van der Waals surface area contributed by atoms with Crippen LogP contribution in [0.25, 0.3) is 11.4 Å². The molecular weight excluding hydrogens is 463 g/mol. The van der Waals surface area contributed by atoms with Crippen LogP contribution in [-0.2, 0) is 10.0 Å². The van der Waals surface area contributed by atoms with Crippen LogP contribution in [-0.4, -0.2) is 34.1 Å². The van der Waals surface area contributed by atoms with Crippen molar-refractivity contribution in [2.75, 3.05) is 4.72 Å². The Hall–Kier alpha value is -3.14. The number of carbonyl (C=O) groups excluding carboxylic acids is 1. The summed E-state index contributed by atoms with van der Waals surface area (Å²) < 4.78 is 29.0. The minimum atomic E-state index is -4.06. The second-order valence-electron chi connectivity index (χ2n) is 6.65. The molecule has 0 atom stereocenters. The summed E-state index contributed by atoms with van der Waals surface area (Å²) in [6.07, 6.45) is 3.95. The maximum Gasteiger partial charge on any atom is 0.261 e. The Morgan fingerprint density at radius 2 is 1.90 bits per heavy atom. The van der Waals surface area contributed by atoms with Crippen molar-refractivity contribution in [2.24, 2.45) is 0 Å². The number of fused-ring (bicyclic) bond motifs is 1. The smallest absolute Gasteiger partial charge is 0.261 e. The highest BCUT2D eigenvalue weighted by Gasteiger charge is 2.25. The van der Waals surface area contributed by atoms with Crippen LogP contribution in [0.2, 0.25) is 10.0 Å². The van der Waals surface area contributed by atoms with Gasteiger partial charge in [-0.2, -0.15) is 4.73 Å². The molecule has 1 aromatic heterocycles. The normalized spacial score (nSPS) is 11.6. The first-order valence-electron chi connectivity index (χ1n) is 8.82. The van der Waals surface area contributed by atoms with Gasteiger partial charge in [0.25, 0.3) is 10.0 Å². The van der Waals surface area contributed by atoms with E-state index in [1.165, 1.54) is 48.9 Å². The Kier molecular flexibility index (Phi) is 5.34. The Labute approximate surface area is 187 Å². The maximum atomic E-state index is 13.2. The molecule has 2 aliphatic heterocycles. The number of benzene rings is 1. The largest absolute Gasteiger partial charge is 0.427 e. The van der Waals surface area contributed by atoms with Crippen LogP contribution >= 0.6 is 23.2 Å². The van der Waals surface area contributed by atoms with Gasteiger partial charge in [-0.15, -0.1) is 0 Å². The molecule has 0 saturated carbocycles. The monoisotopic (exact) mass is 476 g/mol. The van der Waals surface area contributed by atoms with Crippen LogP contribution in [0.1, 0.15) is 21.6 Å². The first kappa shape index (κ1) is 21.1. The molecule has 0 amide bonds. The van der Waals surface area contributed by atoms with E-state index in [4.69, 9.17) is 23.2 Å². The number of rotatable bonds is 5. The quantitative estimate of drug-likeness (QED) is 0.328. The molecule has 2 aromatic rings. The molecule has 11 heteroatoms. The molecule has 0 saturated heterocycles. The van der Waals surface area contributed by atoms with E-state index in [-0.39, 0.29) is 32.7 Å². The fraction of sp³-hybridized carbons (Fsp3) is 0.0500. The van der Waals surface area contributed by atoms with Crippen molar-refractivity contribution in [2.45, 2.75) is 11.8 Å². The molecule has 2 N–H and O–H groups in total. The average molecular weight is 477 g/mol. The van der Waals surface area contributed by atoms with Gasteiger partial charge >= 0.3 is 0 Å².